The number of nitrogens with two attached hydrogens (primary N) is 1. The number of pyridine rings is 1. The summed E-state index contributed by atoms with van der Waals surface area (Å²) in [7, 11) is -4.46. The zero-order chi connectivity index (χ0) is 24.4. The minimum Gasteiger partial charge on any atom is -0.382 e. The molecule has 0 amide bonds. The van der Waals surface area contributed by atoms with Gasteiger partial charge in [-0.1, -0.05) is 19.9 Å². The van der Waals surface area contributed by atoms with Gasteiger partial charge < -0.3 is 5.73 Å². The minimum atomic E-state index is -4.90. The van der Waals surface area contributed by atoms with Crippen molar-refractivity contribution in [2.24, 2.45) is 0 Å². The second-order valence-corrected chi connectivity index (χ2v) is 8.76. The van der Waals surface area contributed by atoms with Crippen LogP contribution in [0.2, 0.25) is 0 Å². The molecule has 3 rings (SSSR count). The molecule has 2 aromatic heterocycles. The van der Waals surface area contributed by atoms with Gasteiger partial charge >= 0.3 is 6.18 Å². The summed E-state index contributed by atoms with van der Waals surface area (Å²) in [6.07, 6.45) is -0.959. The van der Waals surface area contributed by atoms with Gasteiger partial charge in [0.2, 0.25) is 15.8 Å². The first kappa shape index (κ1) is 24.3. The second-order valence-electron chi connectivity index (χ2n) is 6.86. The van der Waals surface area contributed by atoms with Gasteiger partial charge in [-0.15, -0.1) is 0 Å². The average Bonchev–Trinajstić information content (AvgIpc) is 2.79. The van der Waals surface area contributed by atoms with E-state index in [1.54, 1.807) is 6.07 Å². The highest BCUT2D eigenvalue weighted by Gasteiger charge is 2.39. The minimum absolute atomic E-state index is 0.00814. The Labute approximate surface area is 188 Å². The summed E-state index contributed by atoms with van der Waals surface area (Å²) < 4.78 is 67.7. The van der Waals surface area contributed by atoms with Crippen molar-refractivity contribution in [3.63, 3.8) is 0 Å². The molecule has 0 aliphatic carbocycles. The molecule has 12 heteroatoms. The summed E-state index contributed by atoms with van der Waals surface area (Å²) in [6.45, 7) is 3.04. The van der Waals surface area contributed by atoms with Gasteiger partial charge in [0.25, 0.3) is 0 Å². The molecule has 0 fully saturated rings. The number of nitrogen functional groups attached to an aromatic ring is 1. The molecule has 0 unspecified atom stereocenters. The van der Waals surface area contributed by atoms with Crippen LogP contribution in [0.1, 0.15) is 35.5 Å². The van der Waals surface area contributed by atoms with Crippen molar-refractivity contribution in [2.75, 3.05) is 18.8 Å². The van der Waals surface area contributed by atoms with Crippen molar-refractivity contribution in [3.8, 4) is 11.3 Å². The first-order chi connectivity index (χ1) is 15.5. The Morgan fingerprint density at radius 3 is 2.39 bits per heavy atom. The highest BCUT2D eigenvalue weighted by Crippen LogP contribution is 2.37. The van der Waals surface area contributed by atoms with Crippen LogP contribution in [0.5, 0.6) is 0 Å². The standard InChI is InChI=1S/C21H20F3N5O3S/c1-3-29(4-2)33(31,32)17-10-13(7-8-15(17)21(22,23)24)16-12-27-20(25)18(28-16)19(30)14-6-5-9-26-11-14/h5-12H,3-4H2,1-2H3,(H2,25,27). The fraction of sp³-hybridized carbons (Fsp3) is 0.238. The fourth-order valence-corrected chi connectivity index (χ4v) is 4.87. The number of alkyl halides is 3. The van der Waals surface area contributed by atoms with E-state index < -0.39 is 32.4 Å². The Hall–Kier alpha value is -3.38. The van der Waals surface area contributed by atoms with Crippen LogP contribution in [-0.4, -0.2) is 46.5 Å². The lowest BCUT2D eigenvalue weighted by Gasteiger charge is -2.22. The summed E-state index contributed by atoms with van der Waals surface area (Å²) in [5.74, 6) is -0.770. The van der Waals surface area contributed by atoms with Gasteiger partial charge in [0.1, 0.15) is 0 Å². The van der Waals surface area contributed by atoms with Gasteiger partial charge in [0.15, 0.2) is 11.5 Å². The van der Waals surface area contributed by atoms with Crippen molar-refractivity contribution in [1.82, 2.24) is 19.3 Å². The average molecular weight is 479 g/mol. The molecule has 0 bridgehead atoms. The lowest BCUT2D eigenvalue weighted by molar-refractivity contribution is -0.139. The normalized spacial score (nSPS) is 12.2. The van der Waals surface area contributed by atoms with Gasteiger partial charge in [-0.2, -0.15) is 17.5 Å². The predicted octanol–water partition coefficient (Wildman–Crippen LogP) is 3.40. The van der Waals surface area contributed by atoms with E-state index in [9.17, 15) is 26.4 Å². The molecular weight excluding hydrogens is 459 g/mol. The number of aromatic nitrogens is 3. The molecule has 8 nitrogen and oxygen atoms in total. The smallest absolute Gasteiger partial charge is 0.382 e. The molecule has 0 aliphatic rings. The van der Waals surface area contributed by atoms with Crippen LogP contribution >= 0.6 is 0 Å². The Kier molecular flexibility index (Phi) is 6.79. The number of halogens is 3. The molecule has 0 radical (unpaired) electrons. The second kappa shape index (κ2) is 9.24. The SMILES string of the molecule is CCN(CC)S(=O)(=O)c1cc(-c2cnc(N)c(C(=O)c3cccnc3)n2)ccc1C(F)(F)F. The zero-order valence-electron chi connectivity index (χ0n) is 17.7. The van der Waals surface area contributed by atoms with Gasteiger partial charge in [0, 0.05) is 36.6 Å². The van der Waals surface area contributed by atoms with E-state index in [1.165, 1.54) is 32.3 Å². The van der Waals surface area contributed by atoms with Crippen molar-refractivity contribution in [3.05, 3.63) is 65.7 Å². The molecule has 0 saturated carbocycles. The molecule has 2 heterocycles. The number of ketones is 1. The molecule has 3 aromatic rings. The lowest BCUT2D eigenvalue weighted by atomic mass is 10.1. The van der Waals surface area contributed by atoms with Crippen LogP contribution in [0.25, 0.3) is 11.3 Å². The summed E-state index contributed by atoms with van der Waals surface area (Å²) in [6, 6.07) is 5.67. The Balaban J connectivity index is 2.18. The zero-order valence-corrected chi connectivity index (χ0v) is 18.5. The van der Waals surface area contributed by atoms with Gasteiger partial charge in [-0.05, 0) is 24.3 Å². The number of carbonyl (C=O) groups excluding carboxylic acids is 1. The van der Waals surface area contributed by atoms with E-state index in [-0.39, 0.29) is 41.4 Å². The van der Waals surface area contributed by atoms with E-state index in [2.05, 4.69) is 15.0 Å². The van der Waals surface area contributed by atoms with Crippen LogP contribution in [0.3, 0.4) is 0 Å². The molecule has 33 heavy (non-hydrogen) atoms. The van der Waals surface area contributed by atoms with E-state index in [0.717, 1.165) is 22.6 Å². The van der Waals surface area contributed by atoms with Crippen molar-refractivity contribution >= 4 is 21.6 Å². The third-order valence-corrected chi connectivity index (χ3v) is 6.94. The van der Waals surface area contributed by atoms with Crippen molar-refractivity contribution < 1.29 is 26.4 Å². The van der Waals surface area contributed by atoms with Crippen molar-refractivity contribution in [1.29, 1.82) is 0 Å². The Morgan fingerprint density at radius 1 is 1.12 bits per heavy atom. The van der Waals surface area contributed by atoms with E-state index >= 15 is 0 Å². The highest BCUT2D eigenvalue weighted by molar-refractivity contribution is 7.89. The summed E-state index contributed by atoms with van der Waals surface area (Å²) >= 11 is 0. The van der Waals surface area contributed by atoms with E-state index in [0.29, 0.717) is 6.07 Å². The predicted molar refractivity (Wildman–Crippen MR) is 115 cm³/mol. The summed E-state index contributed by atoms with van der Waals surface area (Å²) in [4.78, 5) is 23.8. The number of hydrogen-bond acceptors (Lipinski definition) is 7. The maximum atomic E-state index is 13.6. The Morgan fingerprint density at radius 2 is 1.82 bits per heavy atom. The maximum Gasteiger partial charge on any atom is 0.417 e. The van der Waals surface area contributed by atoms with Gasteiger partial charge in [-0.3, -0.25) is 9.78 Å². The third kappa shape index (κ3) is 4.86. The summed E-state index contributed by atoms with van der Waals surface area (Å²) in [5.41, 5.74) is 4.47. The fourth-order valence-electron chi connectivity index (χ4n) is 3.17. The first-order valence-electron chi connectivity index (χ1n) is 9.79. The molecule has 0 atom stereocenters. The molecule has 174 valence electrons. The van der Waals surface area contributed by atoms with Gasteiger partial charge in [0.05, 0.1) is 22.3 Å². The monoisotopic (exact) mass is 479 g/mol. The molecule has 0 saturated heterocycles. The molecule has 2 N–H and O–H groups in total. The largest absolute Gasteiger partial charge is 0.417 e. The van der Waals surface area contributed by atoms with Crippen LogP contribution in [0.4, 0.5) is 19.0 Å². The third-order valence-electron chi connectivity index (χ3n) is 4.85. The molecule has 0 aliphatic heterocycles. The number of hydrogen-bond donors (Lipinski definition) is 1. The van der Waals surface area contributed by atoms with E-state index in [1.807, 2.05) is 0 Å². The Bertz CT molecular complexity index is 1280. The van der Waals surface area contributed by atoms with Crippen molar-refractivity contribution in [2.45, 2.75) is 24.9 Å². The number of sulfonamides is 1. The van der Waals surface area contributed by atoms with Crippen LogP contribution in [-0.2, 0) is 16.2 Å². The van der Waals surface area contributed by atoms with Crippen LogP contribution in [0, 0.1) is 0 Å². The van der Waals surface area contributed by atoms with Crippen LogP contribution < -0.4 is 5.73 Å². The molecular formula is C21H20F3N5O3S. The van der Waals surface area contributed by atoms with Crippen LogP contribution in [0.15, 0.2) is 53.8 Å². The lowest BCUT2D eigenvalue weighted by Crippen LogP contribution is -2.32. The summed E-state index contributed by atoms with van der Waals surface area (Å²) in [5, 5.41) is 0. The molecule has 1 aromatic carbocycles. The topological polar surface area (TPSA) is 119 Å². The molecule has 0 spiro atoms. The van der Waals surface area contributed by atoms with Gasteiger partial charge in [-0.25, -0.2) is 18.4 Å². The number of nitrogens with zero attached hydrogens (tertiary/aromatic N) is 4. The maximum absolute atomic E-state index is 13.6. The number of benzene rings is 1. The highest BCUT2D eigenvalue weighted by atomic mass is 32.2. The number of anilines is 1. The number of rotatable bonds is 7. The quantitative estimate of drug-likeness (QED) is 0.516. The van der Waals surface area contributed by atoms with E-state index in [4.69, 9.17) is 5.73 Å². The number of carbonyl (C=O) groups is 1. The first-order valence-corrected chi connectivity index (χ1v) is 11.2.